The minimum atomic E-state index is -0.452. The third-order valence-electron chi connectivity index (χ3n) is 3.94. The van der Waals surface area contributed by atoms with Gasteiger partial charge in [-0.3, -0.25) is 0 Å². The first-order valence-electron chi connectivity index (χ1n) is 8.85. The Morgan fingerprint density at radius 3 is 2.09 bits per heavy atom. The topological polar surface area (TPSA) is 70.6 Å². The van der Waals surface area contributed by atoms with Gasteiger partial charge < -0.3 is 20.5 Å². The molecule has 3 N–H and O–H groups in total. The number of hydrogen-bond donors (Lipinski definition) is 3. The number of aliphatic hydroxyl groups excluding tert-OH is 1. The van der Waals surface area contributed by atoms with Crippen molar-refractivity contribution < 1.29 is 14.6 Å². The highest BCUT2D eigenvalue weighted by molar-refractivity contribution is 5.68. The molecule has 0 aromatic carbocycles. The van der Waals surface area contributed by atoms with Crippen LogP contribution >= 0.6 is 0 Å². The summed E-state index contributed by atoms with van der Waals surface area (Å²) in [6.07, 6.45) is 4.11. The van der Waals surface area contributed by atoms with Crippen LogP contribution in [0.2, 0.25) is 0 Å². The van der Waals surface area contributed by atoms with Crippen LogP contribution in [0.5, 0.6) is 0 Å². The summed E-state index contributed by atoms with van der Waals surface area (Å²) in [5.41, 5.74) is -0.303. The molecule has 1 rings (SSSR count). The first-order chi connectivity index (χ1) is 10.4. The Bertz CT molecular complexity index is 363. The van der Waals surface area contributed by atoms with Crippen LogP contribution < -0.4 is 10.6 Å². The molecule has 1 atom stereocenters. The quantitative estimate of drug-likeness (QED) is 0.725. The number of alkyl carbamates (subject to hydrolysis) is 1. The maximum Gasteiger partial charge on any atom is 0.407 e. The molecule has 0 radical (unpaired) electrons. The van der Waals surface area contributed by atoms with Gasteiger partial charge in [0.2, 0.25) is 0 Å². The van der Waals surface area contributed by atoms with Gasteiger partial charge in [-0.25, -0.2) is 4.79 Å². The van der Waals surface area contributed by atoms with E-state index in [-0.39, 0.29) is 23.7 Å². The molecule has 1 saturated carbocycles. The Kier molecular flexibility index (Phi) is 7.33. The molecule has 0 heterocycles. The fourth-order valence-corrected chi connectivity index (χ4v) is 3.00. The predicted octanol–water partition coefficient (Wildman–Crippen LogP) is 3.21. The zero-order valence-corrected chi connectivity index (χ0v) is 15.7. The number of ether oxygens (including phenoxy) is 1. The number of hydrogen-bond acceptors (Lipinski definition) is 4. The SMILES string of the molecule is CC(C)(C)CC(O)CNC1CCC(NC(=O)OC(C)(C)C)CC1. The van der Waals surface area contributed by atoms with Gasteiger partial charge in [0.1, 0.15) is 5.60 Å². The molecule has 0 bridgehead atoms. The highest BCUT2D eigenvalue weighted by atomic mass is 16.6. The second-order valence-corrected chi connectivity index (χ2v) is 9.02. The molecule has 23 heavy (non-hydrogen) atoms. The van der Waals surface area contributed by atoms with Crippen molar-refractivity contribution in [3.05, 3.63) is 0 Å². The predicted molar refractivity (Wildman–Crippen MR) is 93.5 cm³/mol. The maximum atomic E-state index is 11.8. The van der Waals surface area contributed by atoms with Gasteiger partial charge in [-0.2, -0.15) is 0 Å². The molecule has 1 unspecified atom stereocenters. The molecule has 1 amide bonds. The average Bonchev–Trinajstić information content (AvgIpc) is 2.33. The Morgan fingerprint density at radius 2 is 1.61 bits per heavy atom. The Morgan fingerprint density at radius 1 is 1.09 bits per heavy atom. The summed E-state index contributed by atoms with van der Waals surface area (Å²) >= 11 is 0. The number of rotatable bonds is 5. The molecular formula is C18H36N2O3. The summed E-state index contributed by atoms with van der Waals surface area (Å²) in [5, 5.41) is 16.5. The Labute approximate surface area is 141 Å². The summed E-state index contributed by atoms with van der Waals surface area (Å²) in [6.45, 7) is 12.7. The van der Waals surface area contributed by atoms with Crippen molar-refractivity contribution in [3.8, 4) is 0 Å². The summed E-state index contributed by atoms with van der Waals surface area (Å²) in [6, 6.07) is 0.628. The lowest BCUT2D eigenvalue weighted by Gasteiger charge is -2.31. The van der Waals surface area contributed by atoms with Crippen molar-refractivity contribution in [2.24, 2.45) is 5.41 Å². The summed E-state index contributed by atoms with van der Waals surface area (Å²) in [5.74, 6) is 0. The van der Waals surface area contributed by atoms with E-state index < -0.39 is 5.60 Å². The first-order valence-corrected chi connectivity index (χ1v) is 8.85. The second-order valence-electron chi connectivity index (χ2n) is 9.02. The summed E-state index contributed by atoms with van der Waals surface area (Å²) in [4.78, 5) is 11.8. The van der Waals surface area contributed by atoms with Crippen molar-refractivity contribution in [1.29, 1.82) is 0 Å². The molecule has 0 saturated heterocycles. The molecule has 0 aliphatic heterocycles. The Balaban J connectivity index is 2.21. The molecule has 0 aromatic heterocycles. The van der Waals surface area contributed by atoms with Gasteiger partial charge in [-0.15, -0.1) is 0 Å². The standard InChI is InChI=1S/C18H36N2O3/c1-17(2,3)11-15(21)12-19-13-7-9-14(10-8-13)20-16(22)23-18(4,5)6/h13-15,19,21H,7-12H2,1-6H3,(H,20,22). The molecule has 1 aliphatic carbocycles. The van der Waals surface area contributed by atoms with Gasteiger partial charge in [0.15, 0.2) is 0 Å². The number of carbonyl (C=O) groups is 1. The summed E-state index contributed by atoms with van der Waals surface area (Å²) < 4.78 is 5.29. The van der Waals surface area contributed by atoms with E-state index in [9.17, 15) is 9.90 Å². The maximum absolute atomic E-state index is 11.8. The van der Waals surface area contributed by atoms with Crippen molar-refractivity contribution >= 4 is 6.09 Å². The molecule has 1 fully saturated rings. The van der Waals surface area contributed by atoms with E-state index in [1.807, 2.05) is 20.8 Å². The first kappa shape index (κ1) is 20.2. The summed E-state index contributed by atoms with van der Waals surface area (Å²) in [7, 11) is 0. The molecule has 0 aromatic rings. The van der Waals surface area contributed by atoms with E-state index in [0.717, 1.165) is 32.1 Å². The normalized spacial score (nSPS) is 24.1. The molecule has 5 nitrogen and oxygen atoms in total. The second kappa shape index (κ2) is 8.34. The average molecular weight is 328 g/mol. The number of nitrogens with one attached hydrogen (secondary N) is 2. The van der Waals surface area contributed by atoms with Gasteiger partial charge in [0, 0.05) is 18.6 Å². The van der Waals surface area contributed by atoms with Crippen LogP contribution in [-0.2, 0) is 4.74 Å². The van der Waals surface area contributed by atoms with Crippen LogP contribution in [0.3, 0.4) is 0 Å². The van der Waals surface area contributed by atoms with E-state index in [4.69, 9.17) is 4.74 Å². The van der Waals surface area contributed by atoms with Gasteiger partial charge >= 0.3 is 6.09 Å². The van der Waals surface area contributed by atoms with Gasteiger partial charge in [0.05, 0.1) is 6.10 Å². The van der Waals surface area contributed by atoms with Crippen molar-refractivity contribution in [2.45, 2.75) is 97.4 Å². The van der Waals surface area contributed by atoms with E-state index in [0.29, 0.717) is 12.6 Å². The van der Waals surface area contributed by atoms with Crippen LogP contribution in [-0.4, -0.2) is 41.5 Å². The van der Waals surface area contributed by atoms with Gasteiger partial charge in [-0.05, 0) is 58.3 Å². The zero-order valence-electron chi connectivity index (χ0n) is 15.7. The highest BCUT2D eigenvalue weighted by Gasteiger charge is 2.25. The molecule has 1 aliphatic rings. The van der Waals surface area contributed by atoms with Crippen molar-refractivity contribution in [2.75, 3.05) is 6.54 Å². The van der Waals surface area contributed by atoms with E-state index >= 15 is 0 Å². The third-order valence-corrected chi connectivity index (χ3v) is 3.94. The van der Waals surface area contributed by atoms with Crippen LogP contribution in [0.1, 0.15) is 73.6 Å². The number of amides is 1. The monoisotopic (exact) mass is 328 g/mol. The molecule has 0 spiro atoms. The molecular weight excluding hydrogens is 292 g/mol. The van der Waals surface area contributed by atoms with Crippen molar-refractivity contribution in [3.63, 3.8) is 0 Å². The number of aliphatic hydroxyl groups is 1. The fourth-order valence-electron chi connectivity index (χ4n) is 3.00. The van der Waals surface area contributed by atoms with E-state index in [1.165, 1.54) is 0 Å². The minimum absolute atomic E-state index is 0.149. The largest absolute Gasteiger partial charge is 0.444 e. The highest BCUT2D eigenvalue weighted by Crippen LogP contribution is 2.22. The number of carbonyl (C=O) groups excluding carboxylic acids is 1. The van der Waals surface area contributed by atoms with Crippen LogP contribution in [0.4, 0.5) is 4.79 Å². The lowest BCUT2D eigenvalue weighted by molar-refractivity contribution is 0.0489. The fraction of sp³-hybridized carbons (Fsp3) is 0.944. The zero-order chi connectivity index (χ0) is 17.7. The van der Waals surface area contributed by atoms with Gasteiger partial charge in [-0.1, -0.05) is 20.8 Å². The van der Waals surface area contributed by atoms with E-state index in [1.54, 1.807) is 0 Å². The molecule has 5 heteroatoms. The minimum Gasteiger partial charge on any atom is -0.444 e. The van der Waals surface area contributed by atoms with E-state index in [2.05, 4.69) is 31.4 Å². The smallest absolute Gasteiger partial charge is 0.407 e. The van der Waals surface area contributed by atoms with Crippen molar-refractivity contribution in [1.82, 2.24) is 10.6 Å². The molecule has 136 valence electrons. The van der Waals surface area contributed by atoms with Gasteiger partial charge in [0.25, 0.3) is 0 Å². The third kappa shape index (κ3) is 9.82. The van der Waals surface area contributed by atoms with Crippen LogP contribution in [0.15, 0.2) is 0 Å². The van der Waals surface area contributed by atoms with Crippen LogP contribution in [0.25, 0.3) is 0 Å². The lowest BCUT2D eigenvalue weighted by atomic mass is 9.88. The van der Waals surface area contributed by atoms with Crippen LogP contribution in [0, 0.1) is 5.41 Å². The Hall–Kier alpha value is -0.810. The lowest BCUT2D eigenvalue weighted by Crippen LogP contribution is -2.45.